The number of halogens is 2. The predicted molar refractivity (Wildman–Crippen MR) is 80.9 cm³/mol. The summed E-state index contributed by atoms with van der Waals surface area (Å²) in [4.78, 5) is 0. The Hall–Kier alpha value is -1.19. The van der Waals surface area contributed by atoms with E-state index in [0.29, 0.717) is 5.56 Å². The van der Waals surface area contributed by atoms with Crippen molar-refractivity contribution in [2.45, 2.75) is 19.9 Å². The minimum atomic E-state index is -0.165. The summed E-state index contributed by atoms with van der Waals surface area (Å²) in [6, 6.07) is 11.6. The number of hydrogen-bond donors (Lipinski definition) is 1. The molecule has 1 nitrogen and oxygen atoms in total. The second-order valence-electron chi connectivity index (χ2n) is 4.76. The standard InChI is InChI=1S/C16H17BrFN/c1-10-4-6-13(14(17)8-10)16(19-3)12-5-7-15(18)11(2)9-12/h4-9,16,19H,1-3H3. The van der Waals surface area contributed by atoms with Crippen LogP contribution in [0.5, 0.6) is 0 Å². The van der Waals surface area contributed by atoms with Gasteiger partial charge in [-0.25, -0.2) is 4.39 Å². The van der Waals surface area contributed by atoms with E-state index in [0.717, 1.165) is 15.6 Å². The first-order chi connectivity index (χ1) is 9.02. The maximum absolute atomic E-state index is 13.4. The van der Waals surface area contributed by atoms with Crippen molar-refractivity contribution in [3.05, 3.63) is 68.9 Å². The molecule has 0 spiro atoms. The summed E-state index contributed by atoms with van der Waals surface area (Å²) < 4.78 is 14.4. The van der Waals surface area contributed by atoms with Gasteiger partial charge < -0.3 is 5.32 Å². The average molecular weight is 322 g/mol. The van der Waals surface area contributed by atoms with Crippen molar-refractivity contribution >= 4 is 15.9 Å². The van der Waals surface area contributed by atoms with Crippen LogP contribution in [0.3, 0.4) is 0 Å². The Balaban J connectivity index is 2.46. The molecule has 100 valence electrons. The lowest BCUT2D eigenvalue weighted by molar-refractivity contribution is 0.614. The highest BCUT2D eigenvalue weighted by Gasteiger charge is 2.15. The molecule has 0 aliphatic heterocycles. The Labute approximate surface area is 122 Å². The second-order valence-corrected chi connectivity index (χ2v) is 5.61. The molecule has 3 heteroatoms. The first-order valence-corrected chi connectivity index (χ1v) is 7.01. The number of nitrogens with one attached hydrogen (secondary N) is 1. The fraction of sp³-hybridized carbons (Fsp3) is 0.250. The van der Waals surface area contributed by atoms with Crippen molar-refractivity contribution < 1.29 is 4.39 Å². The van der Waals surface area contributed by atoms with E-state index >= 15 is 0 Å². The zero-order chi connectivity index (χ0) is 14.0. The smallest absolute Gasteiger partial charge is 0.126 e. The third kappa shape index (κ3) is 3.04. The van der Waals surface area contributed by atoms with Crippen molar-refractivity contribution in [1.29, 1.82) is 0 Å². The lowest BCUT2D eigenvalue weighted by Crippen LogP contribution is -2.18. The number of aryl methyl sites for hydroxylation is 2. The molecule has 1 unspecified atom stereocenters. The minimum absolute atomic E-state index is 0.0503. The van der Waals surface area contributed by atoms with Crippen LogP contribution in [-0.4, -0.2) is 7.05 Å². The van der Waals surface area contributed by atoms with E-state index in [9.17, 15) is 4.39 Å². The maximum atomic E-state index is 13.4. The van der Waals surface area contributed by atoms with Crippen LogP contribution in [0.1, 0.15) is 28.3 Å². The first kappa shape index (κ1) is 14.2. The third-order valence-corrected chi connectivity index (χ3v) is 3.96. The van der Waals surface area contributed by atoms with Gasteiger partial charge in [0.2, 0.25) is 0 Å². The molecule has 0 fully saturated rings. The quantitative estimate of drug-likeness (QED) is 0.876. The Morgan fingerprint density at radius 1 is 1.11 bits per heavy atom. The van der Waals surface area contributed by atoms with Crippen molar-refractivity contribution in [1.82, 2.24) is 5.32 Å². The highest BCUT2D eigenvalue weighted by molar-refractivity contribution is 9.10. The summed E-state index contributed by atoms with van der Waals surface area (Å²) in [5, 5.41) is 3.29. The van der Waals surface area contributed by atoms with Crippen LogP contribution < -0.4 is 5.32 Å². The number of benzene rings is 2. The molecular weight excluding hydrogens is 305 g/mol. The molecule has 0 aliphatic carbocycles. The molecule has 2 rings (SSSR count). The molecule has 0 amide bonds. The largest absolute Gasteiger partial charge is 0.309 e. The molecule has 0 aromatic heterocycles. The summed E-state index contributed by atoms with van der Waals surface area (Å²) in [6.45, 7) is 3.85. The van der Waals surface area contributed by atoms with Gasteiger partial charge in [-0.15, -0.1) is 0 Å². The second kappa shape index (κ2) is 5.85. The van der Waals surface area contributed by atoms with Gasteiger partial charge in [0.05, 0.1) is 6.04 Å². The Kier molecular flexibility index (Phi) is 4.38. The monoisotopic (exact) mass is 321 g/mol. The van der Waals surface area contributed by atoms with E-state index in [2.05, 4.69) is 46.4 Å². The average Bonchev–Trinajstić information content (AvgIpc) is 2.37. The van der Waals surface area contributed by atoms with E-state index in [1.54, 1.807) is 6.92 Å². The van der Waals surface area contributed by atoms with Crippen molar-refractivity contribution in [3.63, 3.8) is 0 Å². The molecular formula is C16H17BrFN. The molecule has 1 N–H and O–H groups in total. The normalized spacial score (nSPS) is 12.5. The van der Waals surface area contributed by atoms with Crippen LogP contribution in [0, 0.1) is 19.7 Å². The van der Waals surface area contributed by atoms with Gasteiger partial charge in [0.1, 0.15) is 5.82 Å². The Morgan fingerprint density at radius 2 is 1.84 bits per heavy atom. The van der Waals surface area contributed by atoms with Crippen molar-refractivity contribution in [2.24, 2.45) is 0 Å². The van der Waals surface area contributed by atoms with Crippen LogP contribution in [-0.2, 0) is 0 Å². The Morgan fingerprint density at radius 3 is 2.42 bits per heavy atom. The molecule has 0 bridgehead atoms. The summed E-state index contributed by atoms with van der Waals surface area (Å²) in [6.07, 6.45) is 0. The topological polar surface area (TPSA) is 12.0 Å². The Bertz CT molecular complexity index is 595. The van der Waals surface area contributed by atoms with Crippen LogP contribution in [0.15, 0.2) is 40.9 Å². The molecule has 0 radical (unpaired) electrons. The fourth-order valence-corrected chi connectivity index (χ4v) is 2.94. The van der Waals surface area contributed by atoms with E-state index in [-0.39, 0.29) is 11.9 Å². The lowest BCUT2D eigenvalue weighted by atomic mass is 9.96. The molecule has 0 aliphatic rings. The lowest BCUT2D eigenvalue weighted by Gasteiger charge is -2.19. The van der Waals surface area contributed by atoms with Gasteiger partial charge in [0.15, 0.2) is 0 Å². The first-order valence-electron chi connectivity index (χ1n) is 6.22. The molecule has 2 aromatic carbocycles. The summed E-state index contributed by atoms with van der Waals surface area (Å²) in [5.41, 5.74) is 4.09. The summed E-state index contributed by atoms with van der Waals surface area (Å²) in [7, 11) is 1.91. The number of rotatable bonds is 3. The van der Waals surface area contributed by atoms with Crippen LogP contribution in [0.2, 0.25) is 0 Å². The zero-order valence-electron chi connectivity index (χ0n) is 11.3. The van der Waals surface area contributed by atoms with Crippen LogP contribution in [0.25, 0.3) is 0 Å². The fourth-order valence-electron chi connectivity index (χ4n) is 2.22. The maximum Gasteiger partial charge on any atom is 0.126 e. The third-order valence-electron chi connectivity index (χ3n) is 3.27. The minimum Gasteiger partial charge on any atom is -0.309 e. The molecule has 0 saturated carbocycles. The molecule has 0 saturated heterocycles. The molecule has 1 atom stereocenters. The van der Waals surface area contributed by atoms with Gasteiger partial charge in [0.25, 0.3) is 0 Å². The zero-order valence-corrected chi connectivity index (χ0v) is 12.9. The van der Waals surface area contributed by atoms with Gasteiger partial charge in [-0.05, 0) is 55.3 Å². The van der Waals surface area contributed by atoms with Gasteiger partial charge in [-0.1, -0.05) is 40.2 Å². The highest BCUT2D eigenvalue weighted by atomic mass is 79.9. The van der Waals surface area contributed by atoms with Crippen LogP contribution in [0.4, 0.5) is 4.39 Å². The van der Waals surface area contributed by atoms with Crippen molar-refractivity contribution in [2.75, 3.05) is 7.05 Å². The van der Waals surface area contributed by atoms with Gasteiger partial charge in [-0.3, -0.25) is 0 Å². The SMILES string of the molecule is CNC(c1ccc(F)c(C)c1)c1ccc(C)cc1Br. The van der Waals surface area contributed by atoms with E-state index < -0.39 is 0 Å². The molecule has 2 aromatic rings. The van der Waals surface area contributed by atoms with E-state index in [4.69, 9.17) is 0 Å². The summed E-state index contributed by atoms with van der Waals surface area (Å²) in [5.74, 6) is -0.165. The highest BCUT2D eigenvalue weighted by Crippen LogP contribution is 2.29. The van der Waals surface area contributed by atoms with Gasteiger partial charge in [-0.2, -0.15) is 0 Å². The van der Waals surface area contributed by atoms with Gasteiger partial charge >= 0.3 is 0 Å². The van der Waals surface area contributed by atoms with E-state index in [1.165, 1.54) is 11.6 Å². The van der Waals surface area contributed by atoms with Crippen LogP contribution >= 0.6 is 15.9 Å². The molecule has 19 heavy (non-hydrogen) atoms. The number of hydrogen-bond acceptors (Lipinski definition) is 1. The van der Waals surface area contributed by atoms with Gasteiger partial charge in [0, 0.05) is 4.47 Å². The molecule has 0 heterocycles. The summed E-state index contributed by atoms with van der Waals surface area (Å²) >= 11 is 3.60. The predicted octanol–water partition coefficient (Wildman–Crippen LogP) is 4.51. The van der Waals surface area contributed by atoms with E-state index in [1.807, 2.05) is 19.2 Å². The van der Waals surface area contributed by atoms with Crippen molar-refractivity contribution in [3.8, 4) is 0 Å².